The van der Waals surface area contributed by atoms with Crippen molar-refractivity contribution in [1.82, 2.24) is 4.31 Å². The van der Waals surface area contributed by atoms with Crippen molar-refractivity contribution in [2.24, 2.45) is 5.92 Å². The number of carboxylic acid groups (broad SMARTS) is 1. The molecule has 1 aromatic rings. The molecule has 0 radical (unpaired) electrons. The van der Waals surface area contributed by atoms with E-state index in [2.05, 4.69) is 0 Å². The molecule has 1 aliphatic rings. The van der Waals surface area contributed by atoms with Gasteiger partial charge in [0.1, 0.15) is 0 Å². The molecular weight excluding hydrogens is 314 g/mol. The van der Waals surface area contributed by atoms with E-state index in [1.165, 1.54) is 12.1 Å². The molecule has 122 valence electrons. The van der Waals surface area contributed by atoms with Gasteiger partial charge in [0.2, 0.25) is 10.9 Å². The van der Waals surface area contributed by atoms with Crippen LogP contribution in [0.4, 0.5) is 0 Å². The van der Waals surface area contributed by atoms with Crippen LogP contribution in [0.1, 0.15) is 30.3 Å². The number of carboxylic acids is 1. The Morgan fingerprint density at radius 1 is 1.45 bits per heavy atom. The third kappa shape index (κ3) is 3.30. The van der Waals surface area contributed by atoms with E-state index in [9.17, 15) is 18.0 Å². The highest BCUT2D eigenvalue weighted by atomic mass is 32.2. The summed E-state index contributed by atoms with van der Waals surface area (Å²) in [6, 6.07) is 2.40. The maximum Gasteiger partial charge on any atom is 0.374 e. The highest BCUT2D eigenvalue weighted by Crippen LogP contribution is 2.25. The number of esters is 1. The van der Waals surface area contributed by atoms with Crippen LogP contribution >= 0.6 is 0 Å². The average molecular weight is 331 g/mol. The van der Waals surface area contributed by atoms with Crippen LogP contribution < -0.4 is 0 Å². The fraction of sp³-hybridized carbons (Fsp3) is 0.538. The number of ether oxygens (including phenoxy) is 1. The molecule has 1 unspecified atom stereocenters. The van der Waals surface area contributed by atoms with E-state index >= 15 is 0 Å². The second-order valence-electron chi connectivity index (χ2n) is 4.88. The molecule has 1 fully saturated rings. The minimum Gasteiger partial charge on any atom is -0.481 e. The first-order valence-electron chi connectivity index (χ1n) is 6.86. The van der Waals surface area contributed by atoms with Crippen LogP contribution in [0.3, 0.4) is 0 Å². The van der Waals surface area contributed by atoms with Crippen LogP contribution in [-0.4, -0.2) is 49.5 Å². The zero-order valence-corrected chi connectivity index (χ0v) is 12.8. The van der Waals surface area contributed by atoms with Crippen LogP contribution in [0.2, 0.25) is 0 Å². The Balaban J connectivity index is 2.19. The third-order valence-electron chi connectivity index (χ3n) is 3.39. The van der Waals surface area contributed by atoms with Gasteiger partial charge in [0.15, 0.2) is 0 Å². The maximum absolute atomic E-state index is 12.4. The monoisotopic (exact) mass is 331 g/mol. The van der Waals surface area contributed by atoms with Gasteiger partial charge < -0.3 is 14.3 Å². The molecule has 0 saturated carbocycles. The lowest BCUT2D eigenvalue weighted by Gasteiger charge is -2.28. The predicted octanol–water partition coefficient (Wildman–Crippen LogP) is 0.942. The number of carbonyl (C=O) groups is 2. The molecule has 1 saturated heterocycles. The summed E-state index contributed by atoms with van der Waals surface area (Å²) in [5, 5.41) is 8.63. The lowest BCUT2D eigenvalue weighted by Crippen LogP contribution is -2.42. The lowest BCUT2D eigenvalue weighted by molar-refractivity contribution is -0.142. The smallest absolute Gasteiger partial charge is 0.374 e. The second kappa shape index (κ2) is 6.49. The van der Waals surface area contributed by atoms with Crippen LogP contribution in [0.5, 0.6) is 0 Å². The Kier molecular flexibility index (Phi) is 4.87. The summed E-state index contributed by atoms with van der Waals surface area (Å²) in [6.45, 7) is 1.89. The van der Waals surface area contributed by atoms with E-state index < -0.39 is 27.9 Å². The van der Waals surface area contributed by atoms with E-state index in [-0.39, 0.29) is 30.5 Å². The van der Waals surface area contributed by atoms with Crippen molar-refractivity contribution in [3.05, 3.63) is 17.9 Å². The first-order chi connectivity index (χ1) is 10.4. The molecule has 8 nitrogen and oxygen atoms in total. The molecule has 0 bridgehead atoms. The van der Waals surface area contributed by atoms with E-state index in [1.54, 1.807) is 6.92 Å². The van der Waals surface area contributed by atoms with Gasteiger partial charge in [0, 0.05) is 13.1 Å². The summed E-state index contributed by atoms with van der Waals surface area (Å²) in [4.78, 5) is 22.5. The van der Waals surface area contributed by atoms with Gasteiger partial charge >= 0.3 is 11.9 Å². The summed E-state index contributed by atoms with van der Waals surface area (Å²) in [5.41, 5.74) is 0. The minimum absolute atomic E-state index is 0.104. The van der Waals surface area contributed by atoms with E-state index in [0.717, 1.165) is 4.31 Å². The van der Waals surface area contributed by atoms with Crippen molar-refractivity contribution >= 4 is 22.0 Å². The van der Waals surface area contributed by atoms with Crippen molar-refractivity contribution in [2.45, 2.75) is 24.9 Å². The molecule has 0 aromatic carbocycles. The molecule has 2 rings (SSSR count). The summed E-state index contributed by atoms with van der Waals surface area (Å²) >= 11 is 0. The number of carbonyl (C=O) groups excluding carboxylic acids is 1. The fourth-order valence-corrected chi connectivity index (χ4v) is 3.70. The molecule has 2 heterocycles. The van der Waals surface area contributed by atoms with Gasteiger partial charge in [-0.25, -0.2) is 13.2 Å². The molecule has 0 amide bonds. The third-order valence-corrected chi connectivity index (χ3v) is 5.12. The van der Waals surface area contributed by atoms with Crippen LogP contribution in [-0.2, 0) is 19.6 Å². The Morgan fingerprint density at radius 3 is 2.82 bits per heavy atom. The Bertz CT molecular complexity index is 664. The Labute approximate surface area is 127 Å². The zero-order chi connectivity index (χ0) is 16.3. The van der Waals surface area contributed by atoms with Crippen LogP contribution in [0.25, 0.3) is 0 Å². The SMILES string of the molecule is CCOC(=O)c1ccc(S(=O)(=O)N2CCCC(C(=O)O)C2)o1. The number of rotatable bonds is 5. The zero-order valence-electron chi connectivity index (χ0n) is 12.0. The Morgan fingerprint density at radius 2 is 2.18 bits per heavy atom. The molecule has 1 atom stereocenters. The first-order valence-corrected chi connectivity index (χ1v) is 8.30. The summed E-state index contributed by atoms with van der Waals surface area (Å²) in [7, 11) is -3.96. The minimum atomic E-state index is -3.96. The molecular formula is C13H17NO7S. The fourth-order valence-electron chi connectivity index (χ4n) is 2.26. The van der Waals surface area contributed by atoms with Gasteiger partial charge in [-0.15, -0.1) is 0 Å². The Hall–Kier alpha value is -1.87. The van der Waals surface area contributed by atoms with Gasteiger partial charge in [-0.2, -0.15) is 4.31 Å². The van der Waals surface area contributed by atoms with Crippen LogP contribution in [0, 0.1) is 5.92 Å². The maximum atomic E-state index is 12.4. The number of nitrogens with zero attached hydrogens (tertiary/aromatic N) is 1. The second-order valence-corrected chi connectivity index (χ2v) is 6.75. The summed E-state index contributed by atoms with van der Waals surface area (Å²) in [5.74, 6) is -2.70. The van der Waals surface area contributed by atoms with Crippen molar-refractivity contribution in [2.75, 3.05) is 19.7 Å². The highest BCUT2D eigenvalue weighted by molar-refractivity contribution is 7.89. The van der Waals surface area contributed by atoms with Crippen molar-refractivity contribution < 1.29 is 32.3 Å². The first kappa shape index (κ1) is 16.5. The standard InChI is InChI=1S/C13H17NO7S/c1-2-20-13(17)10-5-6-11(21-10)22(18,19)14-7-3-4-9(8-14)12(15)16/h5-6,9H,2-4,7-8H2,1H3,(H,15,16). The van der Waals surface area contributed by atoms with Crippen molar-refractivity contribution in [3.8, 4) is 0 Å². The normalized spacial score (nSPS) is 19.8. The highest BCUT2D eigenvalue weighted by Gasteiger charge is 2.35. The number of hydrogen-bond donors (Lipinski definition) is 1. The molecule has 1 aromatic heterocycles. The quantitative estimate of drug-likeness (QED) is 0.799. The van der Waals surface area contributed by atoms with E-state index in [0.29, 0.717) is 12.8 Å². The molecule has 0 aliphatic carbocycles. The van der Waals surface area contributed by atoms with Crippen molar-refractivity contribution in [3.63, 3.8) is 0 Å². The number of furan rings is 1. The van der Waals surface area contributed by atoms with Gasteiger partial charge in [-0.1, -0.05) is 0 Å². The summed E-state index contributed by atoms with van der Waals surface area (Å²) < 4.78 is 35.7. The molecule has 1 N–H and O–H groups in total. The van der Waals surface area contributed by atoms with Gasteiger partial charge in [0.05, 0.1) is 12.5 Å². The molecule has 9 heteroatoms. The molecule has 22 heavy (non-hydrogen) atoms. The van der Waals surface area contributed by atoms with Crippen molar-refractivity contribution in [1.29, 1.82) is 0 Å². The number of aliphatic carboxylic acids is 1. The number of hydrogen-bond acceptors (Lipinski definition) is 6. The lowest BCUT2D eigenvalue weighted by atomic mass is 10.0. The molecule has 1 aliphatic heterocycles. The van der Waals surface area contributed by atoms with Gasteiger partial charge in [-0.3, -0.25) is 4.79 Å². The number of piperidine rings is 1. The van der Waals surface area contributed by atoms with Gasteiger partial charge in [0.25, 0.3) is 10.0 Å². The van der Waals surface area contributed by atoms with Gasteiger partial charge in [-0.05, 0) is 31.9 Å². The summed E-state index contributed by atoms with van der Waals surface area (Å²) in [6.07, 6.45) is 0.898. The van der Waals surface area contributed by atoms with E-state index in [1.807, 2.05) is 0 Å². The van der Waals surface area contributed by atoms with Crippen LogP contribution in [0.15, 0.2) is 21.6 Å². The topological polar surface area (TPSA) is 114 Å². The number of sulfonamides is 1. The average Bonchev–Trinajstić information content (AvgIpc) is 2.98. The van der Waals surface area contributed by atoms with E-state index in [4.69, 9.17) is 14.3 Å². The largest absolute Gasteiger partial charge is 0.481 e. The molecule has 0 spiro atoms. The predicted molar refractivity (Wildman–Crippen MR) is 73.8 cm³/mol.